The Labute approximate surface area is 238 Å². The topological polar surface area (TPSA) is 188 Å². The maximum atomic E-state index is 11.8. The van der Waals surface area contributed by atoms with Crippen LogP contribution in [0.25, 0.3) is 0 Å². The highest BCUT2D eigenvalue weighted by Crippen LogP contribution is 2.68. The standard InChI is InChI=1S/C27H48O11S2/c1-15(2)6-5-7-16(14-37-39(31,32)33)18-10-11-19-17-8-9-20-23(28)21(38-40(34,35)36)12-13-26(20,3)22(17)24(29)25(30)27(18,19)4/h15-25,28-30H,5-14H2,1-4H3,(H,31,32,33)(H,34,35,36)/t16-,17-,18+,19-,20?,21+,22+,23-,24+,25+,26-,27+/m0/s1. The first kappa shape index (κ1) is 32.5. The molecular formula is C27H48O11S2. The molecule has 234 valence electrons. The molecule has 0 aromatic rings. The molecule has 0 amide bonds. The molecule has 0 aromatic carbocycles. The summed E-state index contributed by atoms with van der Waals surface area (Å²) in [6.45, 7) is 8.06. The van der Waals surface area contributed by atoms with Gasteiger partial charge in [0.1, 0.15) is 6.10 Å². The molecule has 0 aliphatic heterocycles. The predicted molar refractivity (Wildman–Crippen MR) is 145 cm³/mol. The zero-order valence-electron chi connectivity index (χ0n) is 23.9. The summed E-state index contributed by atoms with van der Waals surface area (Å²) >= 11 is 0. The summed E-state index contributed by atoms with van der Waals surface area (Å²) in [6, 6.07) is 0. The van der Waals surface area contributed by atoms with Gasteiger partial charge in [0.2, 0.25) is 0 Å². The quantitative estimate of drug-likeness (QED) is 0.228. The average molecular weight is 613 g/mol. The van der Waals surface area contributed by atoms with Crippen LogP contribution in [-0.2, 0) is 29.2 Å². The molecule has 0 radical (unpaired) electrons. The van der Waals surface area contributed by atoms with Crippen molar-refractivity contribution in [1.29, 1.82) is 0 Å². The van der Waals surface area contributed by atoms with Crippen LogP contribution in [0, 0.1) is 52.3 Å². The van der Waals surface area contributed by atoms with Crippen molar-refractivity contribution in [2.75, 3.05) is 6.61 Å². The zero-order chi connectivity index (χ0) is 29.8. The molecule has 0 aromatic heterocycles. The molecular weight excluding hydrogens is 564 g/mol. The van der Waals surface area contributed by atoms with Crippen LogP contribution >= 0.6 is 0 Å². The van der Waals surface area contributed by atoms with E-state index in [1.54, 1.807) is 0 Å². The lowest BCUT2D eigenvalue weighted by molar-refractivity contribution is -0.244. The summed E-state index contributed by atoms with van der Waals surface area (Å²) < 4.78 is 73.8. The SMILES string of the molecule is CC(C)CCC[C@@H](COS(=O)(=O)O)[C@H]1CC[C@H]2[C@@H]3CCC4[C@H](O)[C@H](OS(=O)(=O)O)CC[C@]4(C)[C@H]3[C@@H](O)[C@@H](O)[C@]12C. The molecule has 11 nitrogen and oxygen atoms in total. The number of aliphatic hydroxyl groups is 3. The summed E-state index contributed by atoms with van der Waals surface area (Å²) in [5.74, 6) is -0.455. The van der Waals surface area contributed by atoms with E-state index in [2.05, 4.69) is 13.8 Å². The Kier molecular flexibility index (Phi) is 9.44. The average Bonchev–Trinajstić information content (AvgIpc) is 3.18. The number of aliphatic hydroxyl groups excluding tert-OH is 3. The number of hydrogen-bond donors (Lipinski definition) is 5. The second kappa shape index (κ2) is 11.6. The fourth-order valence-electron chi connectivity index (χ4n) is 9.81. The molecule has 4 aliphatic rings. The fourth-order valence-corrected chi connectivity index (χ4v) is 10.7. The van der Waals surface area contributed by atoms with Gasteiger partial charge in [0.05, 0.1) is 24.9 Å². The van der Waals surface area contributed by atoms with Crippen LogP contribution in [0.2, 0.25) is 0 Å². The van der Waals surface area contributed by atoms with E-state index in [9.17, 15) is 41.3 Å². The van der Waals surface area contributed by atoms with Gasteiger partial charge in [0.25, 0.3) is 0 Å². The van der Waals surface area contributed by atoms with Gasteiger partial charge in [-0.25, -0.2) is 8.37 Å². The minimum Gasteiger partial charge on any atom is -0.390 e. The van der Waals surface area contributed by atoms with E-state index >= 15 is 0 Å². The highest BCUT2D eigenvalue weighted by atomic mass is 32.3. The molecule has 1 unspecified atom stereocenters. The van der Waals surface area contributed by atoms with Gasteiger partial charge < -0.3 is 15.3 Å². The number of rotatable bonds is 10. The van der Waals surface area contributed by atoms with E-state index in [0.717, 1.165) is 25.7 Å². The first-order valence-corrected chi connectivity index (χ1v) is 17.4. The molecule has 4 saturated carbocycles. The Hall–Kier alpha value is -0.380. The van der Waals surface area contributed by atoms with Gasteiger partial charge in [-0.1, -0.05) is 40.5 Å². The van der Waals surface area contributed by atoms with E-state index in [1.165, 1.54) is 0 Å². The minimum atomic E-state index is -4.73. The number of fused-ring (bicyclic) bond motifs is 5. The smallest absolute Gasteiger partial charge is 0.390 e. The maximum Gasteiger partial charge on any atom is 0.397 e. The summed E-state index contributed by atoms with van der Waals surface area (Å²) in [4.78, 5) is 0. The molecule has 0 spiro atoms. The van der Waals surface area contributed by atoms with Crippen molar-refractivity contribution in [3.05, 3.63) is 0 Å². The Morgan fingerprint density at radius 1 is 0.850 bits per heavy atom. The van der Waals surface area contributed by atoms with E-state index in [-0.39, 0.29) is 48.5 Å². The normalized spacial score (nSPS) is 44.6. The van der Waals surface area contributed by atoms with Gasteiger partial charge in [-0.2, -0.15) is 16.8 Å². The van der Waals surface area contributed by atoms with E-state index in [1.807, 2.05) is 13.8 Å². The number of hydrogen-bond acceptors (Lipinski definition) is 9. The van der Waals surface area contributed by atoms with Crippen LogP contribution in [0.1, 0.15) is 85.5 Å². The lowest BCUT2D eigenvalue weighted by atomic mass is 9.42. The highest BCUT2D eigenvalue weighted by Gasteiger charge is 2.68. The first-order valence-electron chi connectivity index (χ1n) is 14.7. The molecule has 4 fully saturated rings. The van der Waals surface area contributed by atoms with Crippen molar-refractivity contribution in [2.45, 2.75) is 110 Å². The molecule has 12 atom stereocenters. The van der Waals surface area contributed by atoms with Crippen molar-refractivity contribution in [2.24, 2.45) is 52.3 Å². The van der Waals surface area contributed by atoms with E-state index in [4.69, 9.17) is 8.37 Å². The first-order chi connectivity index (χ1) is 18.4. The van der Waals surface area contributed by atoms with Gasteiger partial charge in [-0.05, 0) is 91.8 Å². The molecule has 0 heterocycles. The predicted octanol–water partition coefficient (Wildman–Crippen LogP) is 3.01. The van der Waals surface area contributed by atoms with Crippen LogP contribution in [0.5, 0.6) is 0 Å². The third-order valence-electron chi connectivity index (χ3n) is 11.5. The van der Waals surface area contributed by atoms with Crippen molar-refractivity contribution < 1.29 is 49.6 Å². The second-order valence-electron chi connectivity index (χ2n) is 13.9. The van der Waals surface area contributed by atoms with E-state index < -0.39 is 56.0 Å². The minimum absolute atomic E-state index is 0.0553. The third-order valence-corrected chi connectivity index (χ3v) is 12.4. The highest BCUT2D eigenvalue weighted by molar-refractivity contribution is 7.81. The van der Waals surface area contributed by atoms with Crippen LogP contribution in [-0.4, -0.2) is 72.3 Å². The van der Waals surface area contributed by atoms with Crippen molar-refractivity contribution in [1.82, 2.24) is 0 Å². The molecule has 40 heavy (non-hydrogen) atoms. The lowest BCUT2D eigenvalue weighted by Gasteiger charge is -2.64. The van der Waals surface area contributed by atoms with Crippen LogP contribution < -0.4 is 0 Å². The summed E-state index contributed by atoms with van der Waals surface area (Å²) in [5, 5.41) is 34.7. The van der Waals surface area contributed by atoms with Crippen molar-refractivity contribution in [3.8, 4) is 0 Å². The van der Waals surface area contributed by atoms with Gasteiger partial charge >= 0.3 is 20.8 Å². The summed E-state index contributed by atoms with van der Waals surface area (Å²) in [7, 11) is -9.35. The maximum absolute atomic E-state index is 11.8. The second-order valence-corrected chi connectivity index (χ2v) is 16.0. The Balaban J connectivity index is 1.60. The van der Waals surface area contributed by atoms with Crippen LogP contribution in [0.3, 0.4) is 0 Å². The molecule has 13 heteroatoms. The molecule has 4 rings (SSSR count). The van der Waals surface area contributed by atoms with Crippen molar-refractivity contribution >= 4 is 20.8 Å². The molecule has 5 N–H and O–H groups in total. The van der Waals surface area contributed by atoms with E-state index in [0.29, 0.717) is 31.6 Å². The summed E-state index contributed by atoms with van der Waals surface area (Å²) in [5.41, 5.74) is -1.27. The molecule has 0 saturated heterocycles. The Bertz CT molecular complexity index is 1110. The van der Waals surface area contributed by atoms with Gasteiger partial charge in [-0.15, -0.1) is 0 Å². The van der Waals surface area contributed by atoms with Gasteiger partial charge in [0.15, 0.2) is 0 Å². The van der Waals surface area contributed by atoms with Gasteiger partial charge in [0, 0.05) is 5.41 Å². The summed E-state index contributed by atoms with van der Waals surface area (Å²) in [6.07, 6.45) is 1.56. The lowest BCUT2D eigenvalue weighted by Crippen LogP contribution is -2.67. The fraction of sp³-hybridized carbons (Fsp3) is 1.00. The van der Waals surface area contributed by atoms with Gasteiger partial charge in [-0.3, -0.25) is 9.11 Å². The zero-order valence-corrected chi connectivity index (χ0v) is 25.6. The van der Waals surface area contributed by atoms with Crippen LogP contribution in [0.4, 0.5) is 0 Å². The largest absolute Gasteiger partial charge is 0.397 e. The van der Waals surface area contributed by atoms with Crippen molar-refractivity contribution in [3.63, 3.8) is 0 Å². The molecule has 4 aliphatic carbocycles. The van der Waals surface area contributed by atoms with Crippen LogP contribution in [0.15, 0.2) is 0 Å². The molecule has 0 bridgehead atoms. The Morgan fingerprint density at radius 2 is 1.50 bits per heavy atom. The third kappa shape index (κ3) is 6.14. The Morgan fingerprint density at radius 3 is 2.10 bits per heavy atom. The monoisotopic (exact) mass is 612 g/mol.